The van der Waals surface area contributed by atoms with Gasteiger partial charge in [-0.15, -0.1) is 0 Å². The summed E-state index contributed by atoms with van der Waals surface area (Å²) in [7, 11) is 0. The Morgan fingerprint density at radius 1 is 1.56 bits per heavy atom. The van der Waals surface area contributed by atoms with E-state index in [0.29, 0.717) is 6.42 Å². The molecule has 2 N–H and O–H groups in total. The van der Waals surface area contributed by atoms with E-state index in [1.54, 1.807) is 19.2 Å². The Morgan fingerprint density at radius 3 is 2.88 bits per heavy atom. The van der Waals surface area contributed by atoms with Crippen molar-refractivity contribution in [2.24, 2.45) is 0 Å². The smallest absolute Gasteiger partial charge is 0.226 e. The van der Waals surface area contributed by atoms with Crippen LogP contribution in [0.15, 0.2) is 24.4 Å². The van der Waals surface area contributed by atoms with Crippen LogP contribution in [0.3, 0.4) is 0 Å². The third-order valence-corrected chi connectivity index (χ3v) is 2.50. The maximum Gasteiger partial charge on any atom is 0.226 e. The van der Waals surface area contributed by atoms with Gasteiger partial charge in [0.2, 0.25) is 5.91 Å². The van der Waals surface area contributed by atoms with E-state index in [0.717, 1.165) is 5.69 Å². The lowest BCUT2D eigenvalue weighted by atomic mass is 10.0. The van der Waals surface area contributed by atoms with Crippen LogP contribution in [0.5, 0.6) is 0 Å². The molecule has 0 aliphatic heterocycles. The zero-order chi connectivity index (χ0) is 12.0. The molecular weight excluding hydrogens is 204 g/mol. The molecule has 1 amide bonds. The highest BCUT2D eigenvalue weighted by molar-refractivity contribution is 5.78. The molecule has 1 heterocycles. The van der Waals surface area contributed by atoms with Gasteiger partial charge in [0.15, 0.2) is 0 Å². The third-order valence-electron chi connectivity index (χ3n) is 2.50. The van der Waals surface area contributed by atoms with E-state index in [9.17, 15) is 9.90 Å². The molecule has 1 unspecified atom stereocenters. The van der Waals surface area contributed by atoms with Crippen LogP contribution in [-0.2, 0) is 11.2 Å². The molecule has 4 heteroatoms. The molecule has 0 spiro atoms. The summed E-state index contributed by atoms with van der Waals surface area (Å²) in [6.45, 7) is 3.86. The molecular formula is C12H18N2O2. The molecule has 0 aromatic carbocycles. The minimum absolute atomic E-state index is 0.118. The summed E-state index contributed by atoms with van der Waals surface area (Å²) in [5.74, 6) is -0.118. The molecule has 0 aliphatic carbocycles. The number of carbonyl (C=O) groups is 1. The van der Waals surface area contributed by atoms with Crippen LogP contribution in [-0.4, -0.2) is 28.1 Å². The maximum absolute atomic E-state index is 11.5. The Hall–Kier alpha value is -1.42. The molecule has 1 aromatic heterocycles. The average molecular weight is 222 g/mol. The number of aliphatic hydroxyl groups is 1. The number of amides is 1. The van der Waals surface area contributed by atoms with E-state index in [4.69, 9.17) is 0 Å². The van der Waals surface area contributed by atoms with Crippen LogP contribution in [0.1, 0.15) is 26.0 Å². The SMILES string of the molecule is CCC(C)(O)CNC(=O)Cc1ccccn1. The van der Waals surface area contributed by atoms with Gasteiger partial charge in [0.05, 0.1) is 12.0 Å². The highest BCUT2D eigenvalue weighted by atomic mass is 16.3. The summed E-state index contributed by atoms with van der Waals surface area (Å²) in [5, 5.41) is 12.4. The predicted molar refractivity (Wildman–Crippen MR) is 61.9 cm³/mol. The van der Waals surface area contributed by atoms with Gasteiger partial charge in [-0.2, -0.15) is 0 Å². The maximum atomic E-state index is 11.5. The van der Waals surface area contributed by atoms with Gasteiger partial charge in [-0.3, -0.25) is 9.78 Å². The van der Waals surface area contributed by atoms with Crippen molar-refractivity contribution >= 4 is 5.91 Å². The van der Waals surface area contributed by atoms with E-state index in [1.807, 2.05) is 19.1 Å². The monoisotopic (exact) mass is 222 g/mol. The fraction of sp³-hybridized carbons (Fsp3) is 0.500. The van der Waals surface area contributed by atoms with Gasteiger partial charge in [0, 0.05) is 18.4 Å². The summed E-state index contributed by atoms with van der Waals surface area (Å²) in [6.07, 6.45) is 2.52. The van der Waals surface area contributed by atoms with Gasteiger partial charge >= 0.3 is 0 Å². The molecule has 16 heavy (non-hydrogen) atoms. The molecule has 0 bridgehead atoms. The van der Waals surface area contributed by atoms with Crippen molar-refractivity contribution in [2.75, 3.05) is 6.54 Å². The first-order valence-corrected chi connectivity index (χ1v) is 5.42. The Balaban J connectivity index is 2.38. The molecule has 4 nitrogen and oxygen atoms in total. The van der Waals surface area contributed by atoms with Gasteiger partial charge in [-0.1, -0.05) is 13.0 Å². The van der Waals surface area contributed by atoms with Gasteiger partial charge in [-0.05, 0) is 25.5 Å². The Morgan fingerprint density at radius 2 is 2.31 bits per heavy atom. The molecule has 0 fully saturated rings. The molecule has 1 aromatic rings. The fourth-order valence-electron chi connectivity index (χ4n) is 1.14. The van der Waals surface area contributed by atoms with E-state index in [1.165, 1.54) is 0 Å². The molecule has 0 saturated carbocycles. The van der Waals surface area contributed by atoms with E-state index in [-0.39, 0.29) is 18.9 Å². The second-order valence-electron chi connectivity index (χ2n) is 4.13. The summed E-state index contributed by atoms with van der Waals surface area (Å²) in [4.78, 5) is 15.6. The standard InChI is InChI=1S/C12H18N2O2/c1-3-12(2,16)9-14-11(15)8-10-6-4-5-7-13-10/h4-7,16H,3,8-9H2,1-2H3,(H,14,15). The third kappa shape index (κ3) is 4.40. The van der Waals surface area contributed by atoms with Crippen molar-refractivity contribution in [1.82, 2.24) is 10.3 Å². The van der Waals surface area contributed by atoms with Crippen molar-refractivity contribution in [3.05, 3.63) is 30.1 Å². The van der Waals surface area contributed by atoms with Crippen molar-refractivity contribution in [1.29, 1.82) is 0 Å². The number of rotatable bonds is 5. The second kappa shape index (κ2) is 5.61. The lowest BCUT2D eigenvalue weighted by Gasteiger charge is -2.21. The van der Waals surface area contributed by atoms with Crippen LogP contribution >= 0.6 is 0 Å². The average Bonchev–Trinajstić information content (AvgIpc) is 2.28. The first kappa shape index (κ1) is 12.6. The van der Waals surface area contributed by atoms with Crippen LogP contribution in [0.25, 0.3) is 0 Å². The largest absolute Gasteiger partial charge is 0.388 e. The molecule has 0 aliphatic rings. The minimum atomic E-state index is -0.834. The summed E-state index contributed by atoms with van der Waals surface area (Å²) >= 11 is 0. The number of nitrogens with zero attached hydrogens (tertiary/aromatic N) is 1. The van der Waals surface area contributed by atoms with Crippen molar-refractivity contribution in [3.63, 3.8) is 0 Å². The predicted octanol–water partition coefficient (Wildman–Crippen LogP) is 0.901. The Bertz CT molecular complexity index is 336. The first-order chi connectivity index (χ1) is 7.53. The zero-order valence-corrected chi connectivity index (χ0v) is 9.73. The zero-order valence-electron chi connectivity index (χ0n) is 9.73. The highest BCUT2D eigenvalue weighted by Gasteiger charge is 2.18. The fourth-order valence-corrected chi connectivity index (χ4v) is 1.14. The molecule has 1 atom stereocenters. The number of aromatic nitrogens is 1. The van der Waals surface area contributed by atoms with Gasteiger partial charge < -0.3 is 10.4 Å². The number of hydrogen-bond donors (Lipinski definition) is 2. The number of pyridine rings is 1. The van der Waals surface area contributed by atoms with Gasteiger partial charge in [0.1, 0.15) is 0 Å². The Kier molecular flexibility index (Phi) is 4.43. The van der Waals surface area contributed by atoms with E-state index in [2.05, 4.69) is 10.3 Å². The first-order valence-electron chi connectivity index (χ1n) is 5.42. The Labute approximate surface area is 95.7 Å². The quantitative estimate of drug-likeness (QED) is 0.778. The lowest BCUT2D eigenvalue weighted by molar-refractivity contribution is -0.121. The topological polar surface area (TPSA) is 62.2 Å². The van der Waals surface area contributed by atoms with Crippen LogP contribution in [0.4, 0.5) is 0 Å². The summed E-state index contributed by atoms with van der Waals surface area (Å²) in [5.41, 5.74) is -0.101. The van der Waals surface area contributed by atoms with Crippen molar-refractivity contribution in [3.8, 4) is 0 Å². The van der Waals surface area contributed by atoms with Crippen LogP contribution < -0.4 is 5.32 Å². The normalized spacial score (nSPS) is 14.2. The summed E-state index contributed by atoms with van der Waals surface area (Å²) < 4.78 is 0. The van der Waals surface area contributed by atoms with Crippen LogP contribution in [0, 0.1) is 0 Å². The molecule has 0 radical (unpaired) electrons. The highest BCUT2D eigenvalue weighted by Crippen LogP contribution is 2.06. The van der Waals surface area contributed by atoms with E-state index < -0.39 is 5.60 Å². The van der Waals surface area contributed by atoms with Crippen molar-refractivity contribution < 1.29 is 9.90 Å². The number of nitrogens with one attached hydrogen (secondary N) is 1. The van der Waals surface area contributed by atoms with Gasteiger partial charge in [-0.25, -0.2) is 0 Å². The minimum Gasteiger partial charge on any atom is -0.388 e. The molecule has 88 valence electrons. The second-order valence-corrected chi connectivity index (χ2v) is 4.13. The lowest BCUT2D eigenvalue weighted by Crippen LogP contribution is -2.40. The molecule has 0 saturated heterocycles. The van der Waals surface area contributed by atoms with Crippen molar-refractivity contribution in [2.45, 2.75) is 32.3 Å². The number of hydrogen-bond acceptors (Lipinski definition) is 3. The van der Waals surface area contributed by atoms with Crippen LogP contribution in [0.2, 0.25) is 0 Å². The van der Waals surface area contributed by atoms with Gasteiger partial charge in [0.25, 0.3) is 0 Å². The summed E-state index contributed by atoms with van der Waals surface area (Å²) in [6, 6.07) is 5.46. The molecule has 1 rings (SSSR count). The van der Waals surface area contributed by atoms with E-state index >= 15 is 0 Å². The number of carbonyl (C=O) groups excluding carboxylic acids is 1.